The molecule has 1 heterocycles. The summed E-state index contributed by atoms with van der Waals surface area (Å²) in [7, 11) is 0. The molecule has 0 fully saturated rings. The summed E-state index contributed by atoms with van der Waals surface area (Å²) in [6.45, 7) is 4.28. The number of nitrogens with zero attached hydrogens (tertiary/aromatic N) is 3. The summed E-state index contributed by atoms with van der Waals surface area (Å²) >= 11 is 13.1. The number of amides is 1. The van der Waals surface area contributed by atoms with Gasteiger partial charge in [0.2, 0.25) is 0 Å². The molecule has 3 aromatic rings. The van der Waals surface area contributed by atoms with E-state index in [0.29, 0.717) is 38.7 Å². The quantitative estimate of drug-likeness (QED) is 0.353. The molecule has 1 atom stereocenters. The number of aromatic nitrogens is 3. The van der Waals surface area contributed by atoms with Gasteiger partial charge in [0.25, 0.3) is 5.91 Å². The van der Waals surface area contributed by atoms with Crippen LogP contribution in [0.4, 0.5) is 4.39 Å². The summed E-state index contributed by atoms with van der Waals surface area (Å²) in [5, 5.41) is 12.5. The maximum atomic E-state index is 13.0. The van der Waals surface area contributed by atoms with Gasteiger partial charge in [0.05, 0.1) is 21.8 Å². The van der Waals surface area contributed by atoms with E-state index >= 15 is 0 Å². The first-order valence-electron chi connectivity index (χ1n) is 9.40. The van der Waals surface area contributed by atoms with Gasteiger partial charge in [-0.05, 0) is 56.3 Å². The van der Waals surface area contributed by atoms with Gasteiger partial charge in [-0.15, -0.1) is 10.2 Å². The Morgan fingerprint density at radius 1 is 1.10 bits per heavy atom. The minimum atomic E-state index is -0.434. The van der Waals surface area contributed by atoms with Crippen LogP contribution in [-0.2, 0) is 6.54 Å². The van der Waals surface area contributed by atoms with E-state index in [9.17, 15) is 14.0 Å². The molecule has 10 heteroatoms. The van der Waals surface area contributed by atoms with Crippen LogP contribution < -0.4 is 5.32 Å². The standard InChI is InChI=1S/C21H19Cl2FN4O2S/c1-3-28-19(12(2)25-20(30)14-6-9-16(22)17(23)10-14)26-27-21(28)31-11-18(29)13-4-7-15(24)8-5-13/h4-10,12H,3,11H2,1-2H3,(H,25,30). The Kier molecular flexibility index (Phi) is 7.69. The average molecular weight is 481 g/mol. The number of halogens is 3. The Bertz CT molecular complexity index is 1110. The largest absolute Gasteiger partial charge is 0.342 e. The van der Waals surface area contributed by atoms with Crippen molar-refractivity contribution in [3.63, 3.8) is 0 Å². The number of carbonyl (C=O) groups is 2. The van der Waals surface area contributed by atoms with E-state index < -0.39 is 11.9 Å². The first-order chi connectivity index (χ1) is 14.8. The fourth-order valence-corrected chi connectivity index (χ4v) is 4.06. The van der Waals surface area contributed by atoms with Crippen LogP contribution in [0.25, 0.3) is 0 Å². The van der Waals surface area contributed by atoms with Gasteiger partial charge in [-0.2, -0.15) is 0 Å². The number of benzene rings is 2. The second-order valence-electron chi connectivity index (χ2n) is 6.63. The summed E-state index contributed by atoms with van der Waals surface area (Å²) in [6.07, 6.45) is 0. The molecule has 0 saturated carbocycles. The lowest BCUT2D eigenvalue weighted by Gasteiger charge is -2.15. The lowest BCUT2D eigenvalue weighted by molar-refractivity contribution is 0.0936. The van der Waals surface area contributed by atoms with Crippen LogP contribution in [0.2, 0.25) is 10.0 Å². The average Bonchev–Trinajstić information content (AvgIpc) is 3.17. The third-order valence-electron chi connectivity index (χ3n) is 4.48. The molecule has 0 aliphatic heterocycles. The van der Waals surface area contributed by atoms with Crippen LogP contribution in [0.5, 0.6) is 0 Å². The van der Waals surface area contributed by atoms with E-state index in [-0.39, 0.29) is 17.4 Å². The van der Waals surface area contributed by atoms with Crippen molar-refractivity contribution in [3.8, 4) is 0 Å². The number of Topliss-reactive ketones (excluding diaryl/α,β-unsaturated/α-hetero) is 1. The van der Waals surface area contributed by atoms with E-state index in [4.69, 9.17) is 23.2 Å². The van der Waals surface area contributed by atoms with Gasteiger partial charge in [-0.25, -0.2) is 4.39 Å². The van der Waals surface area contributed by atoms with Crippen LogP contribution in [0.3, 0.4) is 0 Å². The Morgan fingerprint density at radius 2 is 1.77 bits per heavy atom. The number of ketones is 1. The summed E-state index contributed by atoms with van der Waals surface area (Å²) in [5.74, 6) is -0.159. The second-order valence-corrected chi connectivity index (χ2v) is 8.38. The van der Waals surface area contributed by atoms with Crippen molar-refractivity contribution in [3.05, 3.63) is 75.3 Å². The third kappa shape index (κ3) is 5.64. The van der Waals surface area contributed by atoms with E-state index in [1.54, 1.807) is 19.1 Å². The molecular weight excluding hydrogens is 462 g/mol. The van der Waals surface area contributed by atoms with Crippen molar-refractivity contribution in [2.75, 3.05) is 5.75 Å². The highest BCUT2D eigenvalue weighted by Crippen LogP contribution is 2.24. The molecule has 1 aromatic heterocycles. The number of carbonyl (C=O) groups excluding carboxylic acids is 2. The van der Waals surface area contributed by atoms with Crippen molar-refractivity contribution < 1.29 is 14.0 Å². The van der Waals surface area contributed by atoms with Crippen LogP contribution in [0.1, 0.15) is 46.4 Å². The summed E-state index contributed by atoms with van der Waals surface area (Å²) in [4.78, 5) is 24.9. The zero-order valence-corrected chi connectivity index (χ0v) is 19.1. The predicted octanol–water partition coefficient (Wildman–Crippen LogP) is 5.21. The van der Waals surface area contributed by atoms with Gasteiger partial charge in [-0.3, -0.25) is 9.59 Å². The molecule has 162 valence electrons. The van der Waals surface area contributed by atoms with Crippen LogP contribution in [-0.4, -0.2) is 32.2 Å². The zero-order valence-electron chi connectivity index (χ0n) is 16.7. The maximum Gasteiger partial charge on any atom is 0.251 e. The Morgan fingerprint density at radius 3 is 2.42 bits per heavy atom. The molecular formula is C21H19Cl2FN4O2S. The molecule has 1 N–H and O–H groups in total. The second kappa shape index (κ2) is 10.3. The van der Waals surface area contributed by atoms with Gasteiger partial charge in [0.15, 0.2) is 16.8 Å². The zero-order chi connectivity index (χ0) is 22.5. The van der Waals surface area contributed by atoms with Crippen molar-refractivity contribution in [2.24, 2.45) is 0 Å². The monoisotopic (exact) mass is 480 g/mol. The first kappa shape index (κ1) is 23.2. The predicted molar refractivity (Wildman–Crippen MR) is 119 cm³/mol. The molecule has 0 aliphatic carbocycles. The molecule has 0 radical (unpaired) electrons. The van der Waals surface area contributed by atoms with Crippen LogP contribution in [0.15, 0.2) is 47.6 Å². The van der Waals surface area contributed by atoms with E-state index in [0.717, 1.165) is 0 Å². The molecule has 0 spiro atoms. The third-order valence-corrected chi connectivity index (χ3v) is 6.18. The van der Waals surface area contributed by atoms with Crippen molar-refractivity contribution in [1.82, 2.24) is 20.1 Å². The number of rotatable bonds is 8. The smallest absolute Gasteiger partial charge is 0.251 e. The number of hydrogen-bond acceptors (Lipinski definition) is 5. The number of thioether (sulfide) groups is 1. The molecule has 2 aromatic carbocycles. The summed E-state index contributed by atoms with van der Waals surface area (Å²) < 4.78 is 14.9. The summed E-state index contributed by atoms with van der Waals surface area (Å²) in [6, 6.07) is 9.62. The fraction of sp³-hybridized carbons (Fsp3) is 0.238. The molecule has 1 unspecified atom stereocenters. The Balaban J connectivity index is 1.68. The Hall–Kier alpha value is -2.42. The molecule has 31 heavy (non-hydrogen) atoms. The minimum absolute atomic E-state index is 0.133. The molecule has 6 nitrogen and oxygen atoms in total. The minimum Gasteiger partial charge on any atom is -0.342 e. The van der Waals surface area contributed by atoms with Crippen molar-refractivity contribution in [1.29, 1.82) is 0 Å². The summed E-state index contributed by atoms with van der Waals surface area (Å²) in [5.41, 5.74) is 0.808. The van der Waals surface area contributed by atoms with Crippen LogP contribution in [0, 0.1) is 5.82 Å². The number of hydrogen-bond donors (Lipinski definition) is 1. The van der Waals surface area contributed by atoms with Gasteiger partial charge in [0.1, 0.15) is 5.82 Å². The van der Waals surface area contributed by atoms with Gasteiger partial charge in [-0.1, -0.05) is 35.0 Å². The fourth-order valence-electron chi connectivity index (χ4n) is 2.86. The Labute approximate surface area is 193 Å². The van der Waals surface area contributed by atoms with Crippen LogP contribution >= 0.6 is 35.0 Å². The molecule has 1 amide bonds. The lowest BCUT2D eigenvalue weighted by atomic mass is 10.1. The SMILES string of the molecule is CCn1c(SCC(=O)c2ccc(F)cc2)nnc1C(C)NC(=O)c1ccc(Cl)c(Cl)c1. The van der Waals surface area contributed by atoms with Gasteiger partial charge >= 0.3 is 0 Å². The van der Waals surface area contributed by atoms with Crippen molar-refractivity contribution >= 4 is 46.7 Å². The molecule has 0 saturated heterocycles. The molecule has 0 aliphatic rings. The van der Waals surface area contributed by atoms with E-state index in [1.165, 1.54) is 42.1 Å². The van der Waals surface area contributed by atoms with Gasteiger partial charge in [0, 0.05) is 17.7 Å². The van der Waals surface area contributed by atoms with Crippen molar-refractivity contribution in [2.45, 2.75) is 31.6 Å². The van der Waals surface area contributed by atoms with E-state index in [2.05, 4.69) is 15.5 Å². The van der Waals surface area contributed by atoms with E-state index in [1.807, 2.05) is 11.5 Å². The normalized spacial score (nSPS) is 11.9. The highest BCUT2D eigenvalue weighted by Gasteiger charge is 2.20. The highest BCUT2D eigenvalue weighted by molar-refractivity contribution is 7.99. The highest BCUT2D eigenvalue weighted by atomic mass is 35.5. The van der Waals surface area contributed by atoms with Gasteiger partial charge < -0.3 is 9.88 Å². The molecule has 0 bridgehead atoms. The lowest BCUT2D eigenvalue weighted by Crippen LogP contribution is -2.28. The maximum absolute atomic E-state index is 13.0. The number of nitrogens with one attached hydrogen (secondary N) is 1. The topological polar surface area (TPSA) is 76.9 Å². The first-order valence-corrected chi connectivity index (χ1v) is 11.1. The molecule has 3 rings (SSSR count).